The van der Waals surface area contributed by atoms with Crippen molar-refractivity contribution in [2.45, 2.75) is 11.6 Å². The van der Waals surface area contributed by atoms with E-state index in [4.69, 9.17) is 0 Å². The Hall–Kier alpha value is -3.51. The van der Waals surface area contributed by atoms with Crippen LogP contribution in [0.4, 0.5) is 0 Å². The van der Waals surface area contributed by atoms with Gasteiger partial charge in [0.05, 0.1) is 23.9 Å². The van der Waals surface area contributed by atoms with Crippen LogP contribution in [0.15, 0.2) is 90.3 Å². The molecule has 2 aromatic heterocycles. The van der Waals surface area contributed by atoms with Crippen LogP contribution in [0, 0.1) is 0 Å². The normalized spacial score (nSPS) is 11.2. The highest BCUT2D eigenvalue weighted by Gasteiger charge is 2.13. The number of carbonyl (C=O) groups excluding carboxylic acids is 1. The van der Waals surface area contributed by atoms with E-state index in [1.54, 1.807) is 6.20 Å². The SMILES string of the molecule is O=C(CSc1ncnc2c1cnn2Cc1ccccc1)c1ccc2ccccc2c1. The topological polar surface area (TPSA) is 60.7 Å². The first kappa shape index (κ1) is 18.5. The summed E-state index contributed by atoms with van der Waals surface area (Å²) in [5, 5.41) is 8.32. The number of carbonyl (C=O) groups is 1. The lowest BCUT2D eigenvalue weighted by atomic mass is 10.1. The van der Waals surface area contributed by atoms with Gasteiger partial charge in [0.1, 0.15) is 11.4 Å². The molecular weight excluding hydrogens is 392 g/mol. The molecule has 0 spiro atoms. The van der Waals surface area contributed by atoms with Crippen molar-refractivity contribution in [3.63, 3.8) is 0 Å². The van der Waals surface area contributed by atoms with E-state index in [0.717, 1.165) is 32.4 Å². The summed E-state index contributed by atoms with van der Waals surface area (Å²) >= 11 is 1.42. The summed E-state index contributed by atoms with van der Waals surface area (Å²) in [5.41, 5.74) is 2.64. The van der Waals surface area contributed by atoms with E-state index in [2.05, 4.69) is 27.2 Å². The maximum Gasteiger partial charge on any atom is 0.173 e. The number of hydrogen-bond acceptors (Lipinski definition) is 5. The third-order valence-corrected chi connectivity index (χ3v) is 5.99. The molecule has 2 heterocycles. The average Bonchev–Trinajstić information content (AvgIpc) is 3.21. The lowest BCUT2D eigenvalue weighted by Gasteiger charge is -2.05. The number of nitrogens with zero attached hydrogens (tertiary/aromatic N) is 4. The van der Waals surface area contributed by atoms with Gasteiger partial charge in [0, 0.05) is 5.56 Å². The lowest BCUT2D eigenvalue weighted by Crippen LogP contribution is -2.04. The van der Waals surface area contributed by atoms with Crippen molar-refractivity contribution in [2.75, 3.05) is 5.75 Å². The highest BCUT2D eigenvalue weighted by atomic mass is 32.2. The predicted octanol–water partition coefficient (Wildman–Crippen LogP) is 5.00. The van der Waals surface area contributed by atoms with Gasteiger partial charge >= 0.3 is 0 Å². The molecular formula is C24H18N4OS. The Labute approximate surface area is 177 Å². The van der Waals surface area contributed by atoms with Crippen LogP contribution in [-0.2, 0) is 6.54 Å². The highest BCUT2D eigenvalue weighted by molar-refractivity contribution is 8.00. The van der Waals surface area contributed by atoms with Crippen LogP contribution in [-0.4, -0.2) is 31.3 Å². The van der Waals surface area contributed by atoms with E-state index >= 15 is 0 Å². The van der Waals surface area contributed by atoms with Gasteiger partial charge in [-0.05, 0) is 22.4 Å². The van der Waals surface area contributed by atoms with E-state index < -0.39 is 0 Å². The zero-order chi connectivity index (χ0) is 20.3. The van der Waals surface area contributed by atoms with Gasteiger partial charge in [-0.25, -0.2) is 14.6 Å². The van der Waals surface area contributed by atoms with E-state index in [1.165, 1.54) is 18.1 Å². The van der Waals surface area contributed by atoms with Gasteiger partial charge in [-0.3, -0.25) is 4.79 Å². The molecule has 146 valence electrons. The number of hydrogen-bond donors (Lipinski definition) is 0. The minimum absolute atomic E-state index is 0.0780. The molecule has 5 aromatic rings. The van der Waals surface area contributed by atoms with Gasteiger partial charge in [0.25, 0.3) is 0 Å². The van der Waals surface area contributed by atoms with Crippen molar-refractivity contribution in [1.29, 1.82) is 0 Å². The standard InChI is InChI=1S/C24H18N4OS/c29-22(20-11-10-18-8-4-5-9-19(18)12-20)15-30-24-21-13-27-28(23(21)25-16-26-24)14-17-6-2-1-3-7-17/h1-13,16H,14-15H2. The quantitative estimate of drug-likeness (QED) is 0.224. The molecule has 5 rings (SSSR count). The van der Waals surface area contributed by atoms with Crippen LogP contribution < -0.4 is 0 Å². The molecule has 0 aliphatic heterocycles. The number of Topliss-reactive ketones (excluding diaryl/α,β-unsaturated/α-hetero) is 1. The van der Waals surface area contributed by atoms with Crippen molar-refractivity contribution in [3.8, 4) is 0 Å². The molecule has 0 aliphatic carbocycles. The van der Waals surface area contributed by atoms with Crippen LogP contribution in [0.2, 0.25) is 0 Å². The fourth-order valence-corrected chi connectivity index (χ4v) is 4.29. The zero-order valence-electron chi connectivity index (χ0n) is 16.1. The van der Waals surface area contributed by atoms with E-state index in [-0.39, 0.29) is 5.78 Å². The predicted molar refractivity (Wildman–Crippen MR) is 120 cm³/mol. The summed E-state index contributed by atoms with van der Waals surface area (Å²) in [5.74, 6) is 0.392. The Morgan fingerprint density at radius 3 is 2.57 bits per heavy atom. The summed E-state index contributed by atoms with van der Waals surface area (Å²) in [7, 11) is 0. The minimum Gasteiger partial charge on any atom is -0.293 e. The number of rotatable bonds is 6. The Kier molecular flexibility index (Phi) is 4.99. The molecule has 0 unspecified atom stereocenters. The largest absolute Gasteiger partial charge is 0.293 e. The maximum atomic E-state index is 12.8. The van der Waals surface area contributed by atoms with Crippen LogP contribution in [0.25, 0.3) is 21.8 Å². The molecule has 0 saturated heterocycles. The number of benzene rings is 3. The third kappa shape index (κ3) is 3.69. The second kappa shape index (κ2) is 8.08. The fraction of sp³-hybridized carbons (Fsp3) is 0.0833. The molecule has 0 radical (unpaired) electrons. The molecule has 6 heteroatoms. The molecule has 0 saturated carbocycles. The fourth-order valence-electron chi connectivity index (χ4n) is 3.44. The van der Waals surface area contributed by atoms with Crippen molar-refractivity contribution in [2.24, 2.45) is 0 Å². The summed E-state index contributed by atoms with van der Waals surface area (Å²) < 4.78 is 1.86. The van der Waals surface area contributed by atoms with Crippen LogP contribution in [0.5, 0.6) is 0 Å². The molecule has 0 N–H and O–H groups in total. The van der Waals surface area contributed by atoms with Crippen molar-refractivity contribution in [3.05, 3.63) is 96.4 Å². The Morgan fingerprint density at radius 1 is 0.900 bits per heavy atom. The molecule has 3 aromatic carbocycles. The van der Waals surface area contributed by atoms with E-state index in [0.29, 0.717) is 17.9 Å². The molecule has 30 heavy (non-hydrogen) atoms. The van der Waals surface area contributed by atoms with Gasteiger partial charge in [0.15, 0.2) is 11.4 Å². The first-order valence-electron chi connectivity index (χ1n) is 9.63. The van der Waals surface area contributed by atoms with Crippen LogP contribution >= 0.6 is 11.8 Å². The second-order valence-corrected chi connectivity index (χ2v) is 7.94. The monoisotopic (exact) mass is 410 g/mol. The summed E-state index contributed by atoms with van der Waals surface area (Å²) in [6.07, 6.45) is 3.31. The number of thioether (sulfide) groups is 1. The summed E-state index contributed by atoms with van der Waals surface area (Å²) in [6, 6.07) is 24.0. The Balaban J connectivity index is 1.35. The van der Waals surface area contributed by atoms with Gasteiger partial charge < -0.3 is 0 Å². The molecule has 0 atom stereocenters. The Bertz CT molecular complexity index is 1350. The van der Waals surface area contributed by atoms with Crippen LogP contribution in [0.3, 0.4) is 0 Å². The van der Waals surface area contributed by atoms with Gasteiger partial charge in [0.2, 0.25) is 0 Å². The summed E-state index contributed by atoms with van der Waals surface area (Å²) in [4.78, 5) is 21.6. The van der Waals surface area contributed by atoms with Crippen LogP contribution in [0.1, 0.15) is 15.9 Å². The van der Waals surface area contributed by atoms with Gasteiger partial charge in [-0.2, -0.15) is 5.10 Å². The lowest BCUT2D eigenvalue weighted by molar-refractivity contribution is 0.102. The maximum absolute atomic E-state index is 12.8. The average molecular weight is 411 g/mol. The first-order valence-corrected chi connectivity index (χ1v) is 10.6. The van der Waals surface area contributed by atoms with Gasteiger partial charge in [-0.15, -0.1) is 0 Å². The van der Waals surface area contributed by atoms with E-state index in [9.17, 15) is 4.79 Å². The number of ketones is 1. The second-order valence-electron chi connectivity index (χ2n) is 6.98. The van der Waals surface area contributed by atoms with E-state index in [1.807, 2.05) is 65.3 Å². The third-order valence-electron chi connectivity index (χ3n) is 4.98. The Morgan fingerprint density at radius 2 is 1.70 bits per heavy atom. The van der Waals surface area contributed by atoms with Gasteiger partial charge in [-0.1, -0.05) is 78.5 Å². The highest BCUT2D eigenvalue weighted by Crippen LogP contribution is 2.26. The van der Waals surface area contributed by atoms with Crippen molar-refractivity contribution >= 4 is 39.4 Å². The number of aromatic nitrogens is 4. The molecule has 0 bridgehead atoms. The number of fused-ring (bicyclic) bond motifs is 2. The molecule has 5 nitrogen and oxygen atoms in total. The molecule has 0 amide bonds. The molecule has 0 fully saturated rings. The van der Waals surface area contributed by atoms with Crippen molar-refractivity contribution < 1.29 is 4.79 Å². The summed E-state index contributed by atoms with van der Waals surface area (Å²) in [6.45, 7) is 0.640. The smallest absolute Gasteiger partial charge is 0.173 e. The van der Waals surface area contributed by atoms with Crippen molar-refractivity contribution in [1.82, 2.24) is 19.7 Å². The minimum atomic E-state index is 0.0780. The first-order chi connectivity index (χ1) is 14.8. The molecule has 0 aliphatic rings. The zero-order valence-corrected chi connectivity index (χ0v) is 16.9.